The first kappa shape index (κ1) is 11.8. The van der Waals surface area contributed by atoms with Gasteiger partial charge in [-0.2, -0.15) is 0 Å². The number of methoxy groups -OCH3 is 1. The molecule has 0 aliphatic heterocycles. The molecule has 0 fully saturated rings. The van der Waals surface area contributed by atoms with Gasteiger partial charge in [-0.1, -0.05) is 0 Å². The van der Waals surface area contributed by atoms with Crippen molar-refractivity contribution < 1.29 is 20.1 Å². The molecule has 0 aliphatic carbocycles. The lowest BCUT2D eigenvalue weighted by molar-refractivity contribution is -0.137. The van der Waals surface area contributed by atoms with Gasteiger partial charge >= 0.3 is 0 Å². The van der Waals surface area contributed by atoms with Gasteiger partial charge in [-0.25, -0.2) is 0 Å². The van der Waals surface area contributed by atoms with E-state index in [1.54, 1.807) is 6.92 Å². The van der Waals surface area contributed by atoms with Gasteiger partial charge in [0.25, 0.3) is 0 Å². The summed E-state index contributed by atoms with van der Waals surface area (Å²) in [5.41, 5.74) is -0.872. The molecular weight excluding hydrogens is 160 g/mol. The molecule has 0 amide bonds. The summed E-state index contributed by atoms with van der Waals surface area (Å²) < 4.78 is 5.03. The highest BCUT2D eigenvalue weighted by Crippen LogP contribution is 2.21. The molecule has 0 aromatic carbocycles. The van der Waals surface area contributed by atoms with Gasteiger partial charge in [-0.15, -0.1) is 0 Å². The second-order valence-corrected chi connectivity index (χ2v) is 3.18. The summed E-state index contributed by atoms with van der Waals surface area (Å²) in [4.78, 5) is 0. The van der Waals surface area contributed by atoms with Crippen LogP contribution in [0.25, 0.3) is 0 Å². The molecule has 12 heavy (non-hydrogen) atoms. The molecule has 0 aromatic heterocycles. The largest absolute Gasteiger partial charge is 0.396 e. The van der Waals surface area contributed by atoms with Crippen LogP contribution in [0.5, 0.6) is 0 Å². The van der Waals surface area contributed by atoms with Crippen LogP contribution < -0.4 is 0 Å². The standard InChI is InChI=1S/C8H18O4/c1-6(10)7(11)8(2,12-3)4-5-9/h6-7,9-11H,4-5H2,1-3H3/t6-,7-,8+/m1/s1. The number of aliphatic hydroxyl groups is 3. The van der Waals surface area contributed by atoms with Crippen LogP contribution in [0.2, 0.25) is 0 Å². The maximum atomic E-state index is 9.49. The quantitative estimate of drug-likeness (QED) is 0.531. The first-order valence-electron chi connectivity index (χ1n) is 4.00. The fourth-order valence-corrected chi connectivity index (χ4v) is 1.10. The summed E-state index contributed by atoms with van der Waals surface area (Å²) in [6.07, 6.45) is -1.54. The normalized spacial score (nSPS) is 21.5. The fraction of sp³-hybridized carbons (Fsp3) is 1.00. The molecule has 0 aromatic rings. The Kier molecular flexibility index (Phi) is 4.70. The summed E-state index contributed by atoms with van der Waals surface area (Å²) in [7, 11) is 1.45. The molecule has 0 spiro atoms. The van der Waals surface area contributed by atoms with E-state index in [1.165, 1.54) is 14.0 Å². The number of aliphatic hydroxyl groups excluding tert-OH is 3. The molecule has 0 rings (SSSR count). The van der Waals surface area contributed by atoms with Crippen molar-refractivity contribution in [3.05, 3.63) is 0 Å². The van der Waals surface area contributed by atoms with E-state index in [0.717, 1.165) is 0 Å². The molecule has 0 saturated carbocycles. The maximum absolute atomic E-state index is 9.49. The molecule has 0 saturated heterocycles. The molecule has 74 valence electrons. The Balaban J connectivity index is 4.28. The predicted octanol–water partition coefficient (Wildman–Crippen LogP) is -0.484. The van der Waals surface area contributed by atoms with Crippen molar-refractivity contribution >= 4 is 0 Å². The van der Waals surface area contributed by atoms with E-state index in [2.05, 4.69) is 0 Å². The molecule has 4 heteroatoms. The van der Waals surface area contributed by atoms with E-state index >= 15 is 0 Å². The average Bonchev–Trinajstić information content (AvgIpc) is 2.03. The summed E-state index contributed by atoms with van der Waals surface area (Å²) in [5, 5.41) is 27.3. The predicted molar refractivity (Wildman–Crippen MR) is 44.8 cm³/mol. The minimum Gasteiger partial charge on any atom is -0.396 e. The van der Waals surface area contributed by atoms with E-state index in [-0.39, 0.29) is 6.61 Å². The average molecular weight is 178 g/mol. The third-order valence-electron chi connectivity index (χ3n) is 2.16. The van der Waals surface area contributed by atoms with E-state index in [9.17, 15) is 5.11 Å². The van der Waals surface area contributed by atoms with Gasteiger partial charge in [-0.05, 0) is 13.8 Å². The molecule has 4 nitrogen and oxygen atoms in total. The van der Waals surface area contributed by atoms with Crippen molar-refractivity contribution in [2.45, 2.75) is 38.1 Å². The highest BCUT2D eigenvalue weighted by Gasteiger charge is 2.35. The Morgan fingerprint density at radius 2 is 1.92 bits per heavy atom. The first-order chi connectivity index (χ1) is 5.48. The molecule has 0 bridgehead atoms. The van der Waals surface area contributed by atoms with Crippen LogP contribution in [0.4, 0.5) is 0 Å². The minimum atomic E-state index is -0.977. The van der Waals surface area contributed by atoms with Crippen LogP contribution >= 0.6 is 0 Å². The van der Waals surface area contributed by atoms with E-state index < -0.39 is 17.8 Å². The van der Waals surface area contributed by atoms with Crippen molar-refractivity contribution in [3.63, 3.8) is 0 Å². The highest BCUT2D eigenvalue weighted by molar-refractivity contribution is 4.86. The van der Waals surface area contributed by atoms with E-state index in [4.69, 9.17) is 14.9 Å². The number of hydrogen-bond acceptors (Lipinski definition) is 4. The highest BCUT2D eigenvalue weighted by atomic mass is 16.5. The summed E-state index contributed by atoms with van der Waals surface area (Å²) in [5.74, 6) is 0. The number of ether oxygens (including phenoxy) is 1. The van der Waals surface area contributed by atoms with Gasteiger partial charge in [0.05, 0.1) is 11.7 Å². The second-order valence-electron chi connectivity index (χ2n) is 3.18. The van der Waals surface area contributed by atoms with Crippen molar-refractivity contribution in [2.75, 3.05) is 13.7 Å². The van der Waals surface area contributed by atoms with Gasteiger partial charge in [0.2, 0.25) is 0 Å². The van der Waals surface area contributed by atoms with Crippen LogP contribution in [0.15, 0.2) is 0 Å². The third-order valence-corrected chi connectivity index (χ3v) is 2.16. The summed E-state index contributed by atoms with van der Waals surface area (Å²) >= 11 is 0. The smallest absolute Gasteiger partial charge is 0.108 e. The lowest BCUT2D eigenvalue weighted by Crippen LogP contribution is -2.47. The lowest BCUT2D eigenvalue weighted by atomic mass is 9.92. The zero-order chi connectivity index (χ0) is 9.78. The monoisotopic (exact) mass is 178 g/mol. The van der Waals surface area contributed by atoms with Gasteiger partial charge < -0.3 is 20.1 Å². The Bertz CT molecular complexity index is 126. The Morgan fingerprint density at radius 3 is 2.17 bits per heavy atom. The maximum Gasteiger partial charge on any atom is 0.108 e. The molecule has 3 atom stereocenters. The second kappa shape index (κ2) is 4.77. The number of rotatable bonds is 5. The van der Waals surface area contributed by atoms with Crippen molar-refractivity contribution in [1.82, 2.24) is 0 Å². The summed E-state index contributed by atoms with van der Waals surface area (Å²) in [6, 6.07) is 0. The van der Waals surface area contributed by atoms with E-state index in [0.29, 0.717) is 6.42 Å². The van der Waals surface area contributed by atoms with Gasteiger partial charge in [-0.3, -0.25) is 0 Å². The molecule has 0 heterocycles. The zero-order valence-electron chi connectivity index (χ0n) is 7.82. The van der Waals surface area contributed by atoms with Gasteiger partial charge in [0.15, 0.2) is 0 Å². The summed E-state index contributed by atoms with van der Waals surface area (Å²) in [6.45, 7) is 3.06. The van der Waals surface area contributed by atoms with Gasteiger partial charge in [0, 0.05) is 20.1 Å². The Hall–Kier alpha value is -0.160. The zero-order valence-corrected chi connectivity index (χ0v) is 7.82. The van der Waals surface area contributed by atoms with E-state index in [1.807, 2.05) is 0 Å². The first-order valence-corrected chi connectivity index (χ1v) is 4.00. The topological polar surface area (TPSA) is 69.9 Å². The minimum absolute atomic E-state index is 0.0753. The fourth-order valence-electron chi connectivity index (χ4n) is 1.10. The Morgan fingerprint density at radius 1 is 1.42 bits per heavy atom. The Labute approximate surface area is 72.8 Å². The molecule has 0 aliphatic rings. The van der Waals surface area contributed by atoms with Crippen molar-refractivity contribution in [3.8, 4) is 0 Å². The van der Waals surface area contributed by atoms with Crippen molar-refractivity contribution in [2.24, 2.45) is 0 Å². The lowest BCUT2D eigenvalue weighted by Gasteiger charge is -2.34. The van der Waals surface area contributed by atoms with Gasteiger partial charge in [0.1, 0.15) is 6.10 Å². The van der Waals surface area contributed by atoms with Crippen LogP contribution in [-0.2, 0) is 4.74 Å². The molecule has 0 unspecified atom stereocenters. The molecule has 0 radical (unpaired) electrons. The SMILES string of the molecule is CO[C@@](C)(CCO)[C@H](O)[C@@H](C)O. The van der Waals surface area contributed by atoms with Crippen molar-refractivity contribution in [1.29, 1.82) is 0 Å². The van der Waals surface area contributed by atoms with Crippen LogP contribution in [0.1, 0.15) is 20.3 Å². The third kappa shape index (κ3) is 2.71. The van der Waals surface area contributed by atoms with Crippen LogP contribution in [0.3, 0.4) is 0 Å². The van der Waals surface area contributed by atoms with Crippen LogP contribution in [0, 0.1) is 0 Å². The number of hydrogen-bond donors (Lipinski definition) is 3. The van der Waals surface area contributed by atoms with Crippen LogP contribution in [-0.4, -0.2) is 46.8 Å². The molecular formula is C8H18O4. The molecule has 3 N–H and O–H groups in total.